The summed E-state index contributed by atoms with van der Waals surface area (Å²) in [6.45, 7) is -0.332. The number of hydrogen-bond donors (Lipinski definition) is 3. The van der Waals surface area contributed by atoms with Gasteiger partial charge in [-0.15, -0.1) is 0 Å². The van der Waals surface area contributed by atoms with Crippen molar-refractivity contribution in [3.05, 3.63) is 26.9 Å². The van der Waals surface area contributed by atoms with Gasteiger partial charge in [-0.2, -0.15) is 0 Å². The van der Waals surface area contributed by atoms with E-state index in [0.717, 1.165) is 0 Å². The molecule has 1 fully saturated rings. The van der Waals surface area contributed by atoms with Gasteiger partial charge in [-0.25, -0.2) is 4.79 Å². The maximum absolute atomic E-state index is 11.9. The number of H-pyrrole nitrogens is 1. The number of aromatic nitrogens is 2. The Morgan fingerprint density at radius 3 is 3.05 bits per heavy atom. The quantitative estimate of drug-likeness (QED) is 0.498. The van der Waals surface area contributed by atoms with Gasteiger partial charge in [0.15, 0.2) is 0 Å². The Bertz CT molecular complexity index is 626. The smallest absolute Gasteiger partial charge is 0.328 e. The molecule has 9 heteroatoms. The van der Waals surface area contributed by atoms with Crippen LogP contribution in [-0.2, 0) is 20.9 Å². The molecule has 0 spiro atoms. The third-order valence-electron chi connectivity index (χ3n) is 3.20. The summed E-state index contributed by atoms with van der Waals surface area (Å²) in [5.41, 5.74) is 5.19. The van der Waals surface area contributed by atoms with E-state index in [0.29, 0.717) is 18.4 Å². The van der Waals surface area contributed by atoms with Crippen molar-refractivity contribution >= 4 is 18.2 Å². The molecule has 1 aliphatic heterocycles. The third-order valence-corrected chi connectivity index (χ3v) is 3.57. The normalized spacial score (nSPS) is 21.4. The Morgan fingerprint density at radius 2 is 2.38 bits per heavy atom. The van der Waals surface area contributed by atoms with Crippen LogP contribution in [0, 0.1) is 4.64 Å². The largest absolute Gasteiger partial charge is 0.462 e. The molecule has 21 heavy (non-hydrogen) atoms. The maximum atomic E-state index is 11.9. The van der Waals surface area contributed by atoms with Crippen LogP contribution >= 0.6 is 12.2 Å². The number of esters is 1. The van der Waals surface area contributed by atoms with Gasteiger partial charge in [0.05, 0.1) is 19.3 Å². The number of ether oxygens (including phenoxy) is 2. The highest BCUT2D eigenvalue weighted by Crippen LogP contribution is 2.27. The van der Waals surface area contributed by atoms with Gasteiger partial charge < -0.3 is 20.3 Å². The fraction of sp³-hybridized carbons (Fsp3) is 0.583. The number of hydrogen-bond acceptors (Lipinski definition) is 7. The molecule has 1 aliphatic rings. The van der Waals surface area contributed by atoms with Crippen molar-refractivity contribution in [2.45, 2.75) is 31.8 Å². The van der Waals surface area contributed by atoms with Crippen LogP contribution in [-0.4, -0.2) is 39.9 Å². The third kappa shape index (κ3) is 3.76. The molecule has 0 aliphatic carbocycles. The number of nitrogens with one attached hydrogen (secondary N) is 1. The van der Waals surface area contributed by atoms with Crippen LogP contribution in [0.15, 0.2) is 11.0 Å². The Balaban J connectivity index is 2.06. The van der Waals surface area contributed by atoms with E-state index in [-0.39, 0.29) is 30.5 Å². The van der Waals surface area contributed by atoms with Crippen LogP contribution < -0.4 is 11.4 Å². The topological polar surface area (TPSA) is 120 Å². The van der Waals surface area contributed by atoms with Gasteiger partial charge >= 0.3 is 11.7 Å². The molecule has 8 nitrogen and oxygen atoms in total. The molecular weight excluding hydrogens is 298 g/mol. The number of aliphatic hydroxyl groups is 1. The van der Waals surface area contributed by atoms with E-state index >= 15 is 0 Å². The van der Waals surface area contributed by atoms with Crippen LogP contribution in [0.3, 0.4) is 0 Å². The first-order chi connectivity index (χ1) is 10.0. The fourth-order valence-corrected chi connectivity index (χ4v) is 2.32. The molecular formula is C12H17N3O5S. The summed E-state index contributed by atoms with van der Waals surface area (Å²) in [7, 11) is 0. The second-order valence-corrected chi connectivity index (χ2v) is 5.06. The molecule has 0 amide bonds. The molecule has 2 heterocycles. The second kappa shape index (κ2) is 6.94. The van der Waals surface area contributed by atoms with Crippen molar-refractivity contribution in [1.82, 2.24) is 9.55 Å². The highest BCUT2D eigenvalue weighted by atomic mass is 32.1. The lowest BCUT2D eigenvalue weighted by atomic mass is 10.2. The molecule has 2 atom stereocenters. The highest BCUT2D eigenvalue weighted by Gasteiger charge is 2.28. The SMILES string of the molecule is NCC(=O)OCC1CCC(n2cc(CO)c(=S)[nH]c2=O)O1. The molecule has 116 valence electrons. The average Bonchev–Trinajstić information content (AvgIpc) is 2.93. The first-order valence-electron chi connectivity index (χ1n) is 6.51. The van der Waals surface area contributed by atoms with Gasteiger partial charge in [-0.1, -0.05) is 12.2 Å². The first kappa shape index (κ1) is 15.8. The van der Waals surface area contributed by atoms with Crippen molar-refractivity contribution in [2.75, 3.05) is 13.2 Å². The van der Waals surface area contributed by atoms with E-state index in [9.17, 15) is 14.7 Å². The Hall–Kier alpha value is -1.55. The zero-order valence-electron chi connectivity index (χ0n) is 11.3. The van der Waals surface area contributed by atoms with Crippen LogP contribution in [0.25, 0.3) is 0 Å². The van der Waals surface area contributed by atoms with Crippen molar-refractivity contribution in [2.24, 2.45) is 5.73 Å². The predicted octanol–water partition coefficient (Wildman–Crippen LogP) is -0.422. The monoisotopic (exact) mass is 315 g/mol. The van der Waals surface area contributed by atoms with Gasteiger partial charge in [-0.05, 0) is 12.8 Å². The summed E-state index contributed by atoms with van der Waals surface area (Å²) >= 11 is 4.94. The molecule has 4 N–H and O–H groups in total. The summed E-state index contributed by atoms with van der Waals surface area (Å²) in [6.07, 6.45) is 1.98. The zero-order valence-corrected chi connectivity index (χ0v) is 12.1. The summed E-state index contributed by atoms with van der Waals surface area (Å²) in [5.74, 6) is -0.495. The minimum absolute atomic E-state index is 0.108. The van der Waals surface area contributed by atoms with Gasteiger partial charge in [0.2, 0.25) is 0 Å². The Labute approximate surface area is 125 Å². The van der Waals surface area contributed by atoms with E-state index < -0.39 is 17.9 Å². The first-order valence-corrected chi connectivity index (χ1v) is 6.92. The van der Waals surface area contributed by atoms with Gasteiger partial charge in [-0.3, -0.25) is 14.3 Å². The number of carbonyl (C=O) groups is 1. The average molecular weight is 315 g/mol. The molecule has 2 rings (SSSR count). The van der Waals surface area contributed by atoms with Crippen molar-refractivity contribution in [3.8, 4) is 0 Å². The minimum atomic E-state index is -0.495. The van der Waals surface area contributed by atoms with Crippen molar-refractivity contribution < 1.29 is 19.4 Å². The molecule has 1 saturated heterocycles. The van der Waals surface area contributed by atoms with Gasteiger partial charge in [0.25, 0.3) is 0 Å². The van der Waals surface area contributed by atoms with Crippen LogP contribution in [0.4, 0.5) is 0 Å². The standard InChI is InChI=1S/C12H17N3O5S/c13-3-10(17)19-6-8-1-2-9(20-8)15-4-7(5-16)11(21)14-12(15)18/h4,8-9,16H,1-3,5-6,13H2,(H,14,18,21). The lowest BCUT2D eigenvalue weighted by molar-refractivity contribution is -0.146. The summed E-state index contributed by atoms with van der Waals surface area (Å²) in [5, 5.41) is 9.19. The maximum Gasteiger partial charge on any atom is 0.328 e. The van der Waals surface area contributed by atoms with Crippen LogP contribution in [0.5, 0.6) is 0 Å². The predicted molar refractivity (Wildman–Crippen MR) is 75.0 cm³/mol. The number of aromatic amines is 1. The van der Waals surface area contributed by atoms with Crippen molar-refractivity contribution in [3.63, 3.8) is 0 Å². The molecule has 2 unspecified atom stereocenters. The molecule has 0 aromatic carbocycles. The van der Waals surface area contributed by atoms with Gasteiger partial charge in [0.1, 0.15) is 17.5 Å². The van der Waals surface area contributed by atoms with E-state index in [1.165, 1.54) is 10.8 Å². The summed E-state index contributed by atoms with van der Waals surface area (Å²) in [4.78, 5) is 25.4. The fourth-order valence-electron chi connectivity index (χ4n) is 2.11. The lowest BCUT2D eigenvalue weighted by Gasteiger charge is -2.16. The molecule has 1 aromatic rings. The molecule has 0 bridgehead atoms. The van der Waals surface area contributed by atoms with Gasteiger partial charge in [0, 0.05) is 11.8 Å². The Morgan fingerprint density at radius 1 is 1.62 bits per heavy atom. The van der Waals surface area contributed by atoms with E-state index in [1.807, 2.05) is 0 Å². The number of rotatable bonds is 5. The minimum Gasteiger partial charge on any atom is -0.462 e. The summed E-state index contributed by atoms with van der Waals surface area (Å²) < 4.78 is 12.2. The number of nitrogens with zero attached hydrogens (tertiary/aromatic N) is 1. The number of nitrogens with two attached hydrogens (primary N) is 1. The van der Waals surface area contributed by atoms with E-state index in [2.05, 4.69) is 4.98 Å². The van der Waals surface area contributed by atoms with E-state index in [1.54, 1.807) is 0 Å². The molecule has 0 saturated carbocycles. The Kier molecular flexibility index (Phi) is 5.23. The zero-order chi connectivity index (χ0) is 15.4. The summed E-state index contributed by atoms with van der Waals surface area (Å²) in [6, 6.07) is 0. The second-order valence-electron chi connectivity index (χ2n) is 4.66. The number of carbonyl (C=O) groups excluding carboxylic acids is 1. The van der Waals surface area contributed by atoms with E-state index in [4.69, 9.17) is 27.4 Å². The number of aliphatic hydroxyl groups excluding tert-OH is 1. The van der Waals surface area contributed by atoms with Crippen molar-refractivity contribution in [1.29, 1.82) is 0 Å². The highest BCUT2D eigenvalue weighted by molar-refractivity contribution is 7.71. The lowest BCUT2D eigenvalue weighted by Crippen LogP contribution is -2.29. The molecule has 1 aromatic heterocycles. The van der Waals surface area contributed by atoms with Crippen LogP contribution in [0.1, 0.15) is 24.6 Å². The molecule has 0 radical (unpaired) electrons. The van der Waals surface area contributed by atoms with Crippen LogP contribution in [0.2, 0.25) is 0 Å².